The first-order valence-electron chi connectivity index (χ1n) is 6.30. The molecule has 3 nitrogen and oxygen atoms in total. The highest BCUT2D eigenvalue weighted by Crippen LogP contribution is 2.24. The molecule has 0 bridgehead atoms. The van der Waals surface area contributed by atoms with Crippen molar-refractivity contribution < 1.29 is 8.42 Å². The fourth-order valence-corrected chi connectivity index (χ4v) is 5.72. The predicted molar refractivity (Wildman–Crippen MR) is 85.1 cm³/mol. The maximum atomic E-state index is 12.2. The van der Waals surface area contributed by atoms with Gasteiger partial charge < -0.3 is 0 Å². The van der Waals surface area contributed by atoms with E-state index in [-0.39, 0.29) is 11.1 Å². The molecule has 1 aliphatic heterocycles. The summed E-state index contributed by atoms with van der Waals surface area (Å²) in [6.45, 7) is 3.26. The molecule has 106 valence electrons. The van der Waals surface area contributed by atoms with Gasteiger partial charge in [0, 0.05) is 34.8 Å². The summed E-state index contributed by atoms with van der Waals surface area (Å²) in [4.78, 5) is 2.09. The molecule has 0 radical (unpaired) electrons. The normalized spacial score (nSPS) is 21.5. The van der Waals surface area contributed by atoms with E-state index in [2.05, 4.69) is 26.9 Å². The number of benzene rings is 1. The third kappa shape index (κ3) is 3.97. The van der Waals surface area contributed by atoms with Crippen LogP contribution in [-0.2, 0) is 16.4 Å². The Morgan fingerprint density at radius 2 is 2.26 bits per heavy atom. The predicted octanol–water partition coefficient (Wildman–Crippen LogP) is 2.76. The molecule has 1 aromatic rings. The molecular formula is C13H18BrNO2S2. The zero-order valence-corrected chi connectivity index (χ0v) is 14.1. The number of halogens is 1. The molecule has 0 amide bonds. The molecule has 1 atom stereocenters. The van der Waals surface area contributed by atoms with Gasteiger partial charge in [0.05, 0.1) is 0 Å². The second-order valence-corrected chi connectivity index (χ2v) is 9.09. The van der Waals surface area contributed by atoms with Gasteiger partial charge in [0.15, 0.2) is 9.84 Å². The van der Waals surface area contributed by atoms with E-state index in [0.29, 0.717) is 12.3 Å². The van der Waals surface area contributed by atoms with Gasteiger partial charge in [0.25, 0.3) is 0 Å². The van der Waals surface area contributed by atoms with Crippen molar-refractivity contribution in [2.45, 2.75) is 18.8 Å². The van der Waals surface area contributed by atoms with Gasteiger partial charge in [0.2, 0.25) is 0 Å². The lowest BCUT2D eigenvalue weighted by atomic mass is 10.2. The van der Waals surface area contributed by atoms with Crippen LogP contribution in [0.3, 0.4) is 0 Å². The molecule has 1 aromatic carbocycles. The molecule has 1 aliphatic rings. The van der Waals surface area contributed by atoms with Crippen molar-refractivity contribution in [1.82, 2.24) is 4.90 Å². The van der Waals surface area contributed by atoms with E-state index < -0.39 is 9.84 Å². The van der Waals surface area contributed by atoms with Gasteiger partial charge in [-0.3, -0.25) is 4.90 Å². The minimum Gasteiger partial charge on any atom is -0.281 e. The minimum atomic E-state index is -3.01. The molecule has 2 rings (SSSR count). The van der Waals surface area contributed by atoms with Crippen molar-refractivity contribution in [2.75, 3.05) is 23.8 Å². The second kappa shape index (κ2) is 6.61. The summed E-state index contributed by atoms with van der Waals surface area (Å²) < 4.78 is 25.3. The van der Waals surface area contributed by atoms with Crippen LogP contribution in [0.2, 0.25) is 0 Å². The van der Waals surface area contributed by atoms with Gasteiger partial charge in [-0.15, -0.1) is 0 Å². The zero-order chi connectivity index (χ0) is 13.9. The quantitative estimate of drug-likeness (QED) is 0.824. The van der Waals surface area contributed by atoms with Gasteiger partial charge in [-0.1, -0.05) is 35.0 Å². The minimum absolute atomic E-state index is 0.215. The van der Waals surface area contributed by atoms with E-state index in [1.54, 1.807) is 18.7 Å². The molecule has 1 heterocycles. The van der Waals surface area contributed by atoms with E-state index in [9.17, 15) is 8.42 Å². The van der Waals surface area contributed by atoms with Gasteiger partial charge in [-0.25, -0.2) is 8.42 Å². The Bertz CT molecular complexity index is 533. The van der Waals surface area contributed by atoms with Crippen LogP contribution in [0.15, 0.2) is 28.7 Å². The van der Waals surface area contributed by atoms with Crippen LogP contribution < -0.4 is 0 Å². The Balaban J connectivity index is 2.17. The van der Waals surface area contributed by atoms with Gasteiger partial charge in [-0.2, -0.15) is 11.8 Å². The van der Waals surface area contributed by atoms with E-state index in [0.717, 1.165) is 22.3 Å². The molecular weight excluding hydrogens is 346 g/mol. The summed E-state index contributed by atoms with van der Waals surface area (Å²) in [5.74, 6) is 1.90. The summed E-state index contributed by atoms with van der Waals surface area (Å²) in [6.07, 6.45) is 0. The Morgan fingerprint density at radius 1 is 1.47 bits per heavy atom. The van der Waals surface area contributed by atoms with Crippen LogP contribution in [-0.4, -0.2) is 42.5 Å². The third-order valence-electron chi connectivity index (χ3n) is 3.28. The average Bonchev–Trinajstić information content (AvgIpc) is 2.39. The Hall–Kier alpha value is -0.0400. The smallest absolute Gasteiger partial charge is 0.166 e. The average molecular weight is 364 g/mol. The second-order valence-electron chi connectivity index (χ2n) is 4.58. The van der Waals surface area contributed by atoms with Crippen molar-refractivity contribution in [3.63, 3.8) is 0 Å². The van der Waals surface area contributed by atoms with Crippen molar-refractivity contribution in [3.8, 4) is 0 Å². The monoisotopic (exact) mass is 363 g/mol. The number of thioether (sulfide) groups is 1. The van der Waals surface area contributed by atoms with Crippen LogP contribution in [0.5, 0.6) is 0 Å². The van der Waals surface area contributed by atoms with Gasteiger partial charge >= 0.3 is 0 Å². The number of sulfone groups is 1. The Morgan fingerprint density at radius 3 is 2.95 bits per heavy atom. The molecule has 1 saturated heterocycles. The molecule has 0 spiro atoms. The molecule has 0 saturated carbocycles. The number of hydrogen-bond donors (Lipinski definition) is 0. The maximum Gasteiger partial charge on any atom is 0.166 e. The van der Waals surface area contributed by atoms with E-state index in [1.165, 1.54) is 0 Å². The third-order valence-corrected chi connectivity index (χ3v) is 7.11. The summed E-state index contributed by atoms with van der Waals surface area (Å²) in [6, 6.07) is 8.07. The highest BCUT2D eigenvalue weighted by molar-refractivity contribution is 9.10. The summed E-state index contributed by atoms with van der Waals surface area (Å²) in [7, 11) is -3.01. The SMILES string of the molecule is CCS(=O)(=O)C1CSCCN1Cc1cccc(Br)c1. The van der Waals surface area contributed by atoms with Gasteiger partial charge in [0.1, 0.15) is 5.37 Å². The highest BCUT2D eigenvalue weighted by Gasteiger charge is 2.32. The van der Waals surface area contributed by atoms with Crippen LogP contribution in [0, 0.1) is 0 Å². The first-order chi connectivity index (χ1) is 9.03. The molecule has 6 heteroatoms. The summed E-state index contributed by atoms with van der Waals surface area (Å²) >= 11 is 5.19. The van der Waals surface area contributed by atoms with E-state index >= 15 is 0 Å². The number of hydrogen-bond acceptors (Lipinski definition) is 4. The standard InChI is InChI=1S/C13H18BrNO2S2/c1-2-19(16,17)13-10-18-7-6-15(13)9-11-4-3-5-12(14)8-11/h3-5,8,13H,2,6-7,9-10H2,1H3. The first kappa shape index (κ1) is 15.4. The number of nitrogens with zero attached hydrogens (tertiary/aromatic N) is 1. The van der Waals surface area contributed by atoms with E-state index in [4.69, 9.17) is 0 Å². The van der Waals surface area contributed by atoms with Crippen molar-refractivity contribution in [3.05, 3.63) is 34.3 Å². The summed E-state index contributed by atoms with van der Waals surface area (Å²) in [5, 5.41) is -0.338. The summed E-state index contributed by atoms with van der Waals surface area (Å²) in [5.41, 5.74) is 1.15. The zero-order valence-electron chi connectivity index (χ0n) is 10.9. The lowest BCUT2D eigenvalue weighted by molar-refractivity contribution is 0.261. The molecule has 0 aromatic heterocycles. The Labute approximate surface area is 127 Å². The fourth-order valence-electron chi connectivity index (χ4n) is 2.19. The van der Waals surface area contributed by atoms with Gasteiger partial charge in [-0.05, 0) is 17.7 Å². The Kier molecular flexibility index (Phi) is 5.34. The largest absolute Gasteiger partial charge is 0.281 e. The molecule has 0 aliphatic carbocycles. The molecule has 1 fully saturated rings. The topological polar surface area (TPSA) is 37.4 Å². The molecule has 19 heavy (non-hydrogen) atoms. The van der Waals surface area contributed by atoms with Crippen molar-refractivity contribution in [1.29, 1.82) is 0 Å². The van der Waals surface area contributed by atoms with Crippen molar-refractivity contribution >= 4 is 37.5 Å². The van der Waals surface area contributed by atoms with Crippen LogP contribution >= 0.6 is 27.7 Å². The molecule has 1 unspecified atom stereocenters. The maximum absolute atomic E-state index is 12.2. The van der Waals surface area contributed by atoms with E-state index in [1.807, 2.05) is 18.2 Å². The van der Waals surface area contributed by atoms with Crippen LogP contribution in [0.25, 0.3) is 0 Å². The lowest BCUT2D eigenvalue weighted by Gasteiger charge is -2.34. The van der Waals surface area contributed by atoms with Crippen molar-refractivity contribution in [2.24, 2.45) is 0 Å². The lowest BCUT2D eigenvalue weighted by Crippen LogP contribution is -2.47. The fraction of sp³-hybridized carbons (Fsp3) is 0.538. The van der Waals surface area contributed by atoms with Crippen LogP contribution in [0.1, 0.15) is 12.5 Å². The van der Waals surface area contributed by atoms with Crippen LogP contribution in [0.4, 0.5) is 0 Å². The first-order valence-corrected chi connectivity index (χ1v) is 9.97. The molecule has 0 N–H and O–H groups in total. The number of rotatable bonds is 4. The highest BCUT2D eigenvalue weighted by atomic mass is 79.9.